The van der Waals surface area contributed by atoms with Crippen molar-refractivity contribution >= 4 is 23.2 Å². The van der Waals surface area contributed by atoms with E-state index in [0.29, 0.717) is 17.8 Å². The minimum Gasteiger partial charge on any atom is -0.372 e. The monoisotopic (exact) mass is 351 g/mol. The first-order valence-corrected chi connectivity index (χ1v) is 9.03. The predicted molar refractivity (Wildman–Crippen MR) is 104 cm³/mol. The van der Waals surface area contributed by atoms with E-state index in [4.69, 9.17) is 0 Å². The van der Waals surface area contributed by atoms with Crippen molar-refractivity contribution in [2.75, 3.05) is 10.6 Å². The Balaban J connectivity index is 1.69. The highest BCUT2D eigenvalue weighted by Gasteiger charge is 2.29. The average molecular weight is 351 g/mol. The average Bonchev–Trinajstić information content (AvgIpc) is 2.65. The van der Waals surface area contributed by atoms with E-state index in [1.807, 2.05) is 37.3 Å². The van der Waals surface area contributed by atoms with Crippen LogP contribution in [0.1, 0.15) is 41.8 Å². The molecule has 0 aromatic heterocycles. The van der Waals surface area contributed by atoms with Gasteiger partial charge in [-0.2, -0.15) is 0 Å². The number of fused-ring (bicyclic) bond motifs is 1. The molecule has 26 heavy (non-hydrogen) atoms. The Morgan fingerprint density at radius 3 is 2.58 bits per heavy atom. The van der Waals surface area contributed by atoms with E-state index >= 15 is 0 Å². The smallest absolute Gasteiger partial charge is 0.251 e. The minimum absolute atomic E-state index is 0.0518. The van der Waals surface area contributed by atoms with Crippen molar-refractivity contribution in [3.63, 3.8) is 0 Å². The zero-order chi connectivity index (χ0) is 18.7. The van der Waals surface area contributed by atoms with Crippen LogP contribution < -0.4 is 16.0 Å². The summed E-state index contributed by atoms with van der Waals surface area (Å²) in [6.07, 6.45) is 0.917. The molecule has 2 unspecified atom stereocenters. The molecule has 5 heteroatoms. The van der Waals surface area contributed by atoms with Crippen molar-refractivity contribution in [1.29, 1.82) is 0 Å². The second-order valence-electron chi connectivity index (χ2n) is 6.93. The number of anilines is 2. The molecule has 1 heterocycles. The van der Waals surface area contributed by atoms with E-state index in [0.717, 1.165) is 17.7 Å². The highest BCUT2D eigenvalue weighted by molar-refractivity contribution is 6.05. The molecule has 0 saturated heterocycles. The van der Waals surface area contributed by atoms with Crippen LogP contribution in [0.15, 0.2) is 42.5 Å². The van der Waals surface area contributed by atoms with Gasteiger partial charge >= 0.3 is 0 Å². The maximum Gasteiger partial charge on any atom is 0.251 e. The molecule has 0 aliphatic carbocycles. The molecule has 2 amide bonds. The summed E-state index contributed by atoms with van der Waals surface area (Å²) in [5.74, 6) is 0.0244. The molecule has 5 nitrogen and oxygen atoms in total. The van der Waals surface area contributed by atoms with E-state index in [2.05, 4.69) is 29.8 Å². The van der Waals surface area contributed by atoms with E-state index in [9.17, 15) is 9.59 Å². The molecule has 2 aromatic rings. The zero-order valence-electron chi connectivity index (χ0n) is 15.4. The number of carbonyl (C=O) groups excluding carboxylic acids is 2. The van der Waals surface area contributed by atoms with E-state index in [1.165, 1.54) is 5.56 Å². The Morgan fingerprint density at radius 2 is 1.88 bits per heavy atom. The first kappa shape index (κ1) is 18.0. The number of carbonyl (C=O) groups is 2. The van der Waals surface area contributed by atoms with Crippen LogP contribution in [0, 0.1) is 12.8 Å². The van der Waals surface area contributed by atoms with Crippen LogP contribution in [0.5, 0.6) is 0 Å². The van der Waals surface area contributed by atoms with Gasteiger partial charge in [0.05, 0.1) is 11.4 Å². The van der Waals surface area contributed by atoms with E-state index in [-0.39, 0.29) is 23.8 Å². The number of amides is 2. The van der Waals surface area contributed by atoms with E-state index < -0.39 is 0 Å². The van der Waals surface area contributed by atoms with E-state index in [1.54, 1.807) is 12.1 Å². The lowest BCUT2D eigenvalue weighted by atomic mass is 9.95. The normalized spacial score (nSPS) is 16.9. The summed E-state index contributed by atoms with van der Waals surface area (Å²) in [7, 11) is 0. The summed E-state index contributed by atoms with van der Waals surface area (Å²) in [4.78, 5) is 24.7. The molecule has 136 valence electrons. The molecule has 0 saturated carbocycles. The number of nitrogens with one attached hydrogen (secondary N) is 3. The van der Waals surface area contributed by atoms with Gasteiger partial charge in [0.2, 0.25) is 5.91 Å². The topological polar surface area (TPSA) is 70.2 Å². The summed E-state index contributed by atoms with van der Waals surface area (Å²) in [5.41, 5.74) is 4.27. The molecule has 0 fully saturated rings. The maximum atomic E-state index is 12.4. The lowest BCUT2D eigenvalue weighted by Crippen LogP contribution is -2.43. The quantitative estimate of drug-likeness (QED) is 0.769. The summed E-state index contributed by atoms with van der Waals surface area (Å²) in [5, 5.41) is 9.12. The van der Waals surface area contributed by atoms with Gasteiger partial charge in [-0.25, -0.2) is 0 Å². The van der Waals surface area contributed by atoms with Crippen molar-refractivity contribution in [2.24, 2.45) is 5.92 Å². The summed E-state index contributed by atoms with van der Waals surface area (Å²) in [6.45, 7) is 6.62. The lowest BCUT2D eigenvalue weighted by Gasteiger charge is -2.30. The van der Waals surface area contributed by atoms with Crippen LogP contribution in [-0.2, 0) is 11.3 Å². The number of aryl methyl sites for hydroxylation is 1. The first-order chi connectivity index (χ1) is 12.5. The van der Waals surface area contributed by atoms with Gasteiger partial charge in [0.1, 0.15) is 6.04 Å². The van der Waals surface area contributed by atoms with Gasteiger partial charge in [-0.1, -0.05) is 50.1 Å². The highest BCUT2D eigenvalue weighted by Crippen LogP contribution is 2.30. The third-order valence-corrected chi connectivity index (χ3v) is 4.92. The van der Waals surface area contributed by atoms with Gasteiger partial charge in [-0.15, -0.1) is 0 Å². The van der Waals surface area contributed by atoms with Gasteiger partial charge in [0.15, 0.2) is 0 Å². The van der Waals surface area contributed by atoms with Crippen molar-refractivity contribution in [2.45, 2.75) is 39.8 Å². The van der Waals surface area contributed by atoms with Crippen LogP contribution >= 0.6 is 0 Å². The van der Waals surface area contributed by atoms with Crippen molar-refractivity contribution in [3.05, 3.63) is 59.2 Å². The summed E-state index contributed by atoms with van der Waals surface area (Å²) >= 11 is 0. The Kier molecular flexibility index (Phi) is 5.26. The van der Waals surface area contributed by atoms with Gasteiger partial charge in [-0.05, 0) is 36.6 Å². The van der Waals surface area contributed by atoms with Crippen molar-refractivity contribution in [1.82, 2.24) is 5.32 Å². The molecule has 0 radical (unpaired) electrons. The van der Waals surface area contributed by atoms with Crippen LogP contribution in [0.2, 0.25) is 0 Å². The second-order valence-corrected chi connectivity index (χ2v) is 6.93. The summed E-state index contributed by atoms with van der Waals surface area (Å²) < 4.78 is 0. The Bertz CT molecular complexity index is 815. The number of hydrogen-bond donors (Lipinski definition) is 3. The van der Waals surface area contributed by atoms with Crippen LogP contribution in [0.25, 0.3) is 0 Å². The Labute approximate surface area is 154 Å². The molecule has 3 N–H and O–H groups in total. The van der Waals surface area contributed by atoms with Crippen LogP contribution in [-0.4, -0.2) is 17.9 Å². The van der Waals surface area contributed by atoms with Gasteiger partial charge in [0, 0.05) is 12.1 Å². The molecule has 1 aliphatic rings. The zero-order valence-corrected chi connectivity index (χ0v) is 15.4. The Morgan fingerprint density at radius 1 is 1.15 bits per heavy atom. The Hall–Kier alpha value is -2.82. The molecule has 3 rings (SSSR count). The molecule has 0 bridgehead atoms. The molecule has 2 aromatic carbocycles. The molecule has 0 spiro atoms. The molecular weight excluding hydrogens is 326 g/mol. The van der Waals surface area contributed by atoms with Crippen LogP contribution in [0.4, 0.5) is 11.4 Å². The SMILES string of the molecule is CCC(C)C1Nc2ccc(C(=O)NCc3ccc(C)cc3)cc2NC1=O. The van der Waals surface area contributed by atoms with Gasteiger partial charge < -0.3 is 16.0 Å². The molecule has 1 aliphatic heterocycles. The third-order valence-electron chi connectivity index (χ3n) is 4.92. The van der Waals surface area contributed by atoms with Crippen molar-refractivity contribution < 1.29 is 9.59 Å². The standard InChI is InChI=1S/C21H25N3O2/c1-4-14(3)19-21(26)24-18-11-16(9-10-17(18)23-19)20(25)22-12-15-7-5-13(2)6-8-15/h5-11,14,19,23H,4,12H2,1-3H3,(H,22,25)(H,24,26). The number of benzene rings is 2. The maximum absolute atomic E-state index is 12.4. The van der Waals surface area contributed by atoms with Crippen molar-refractivity contribution in [3.8, 4) is 0 Å². The number of rotatable bonds is 5. The highest BCUT2D eigenvalue weighted by atomic mass is 16.2. The second kappa shape index (κ2) is 7.60. The van der Waals surface area contributed by atoms with Gasteiger partial charge in [-0.3, -0.25) is 9.59 Å². The lowest BCUT2D eigenvalue weighted by molar-refractivity contribution is -0.118. The molecule has 2 atom stereocenters. The fourth-order valence-corrected chi connectivity index (χ4v) is 2.99. The summed E-state index contributed by atoms with van der Waals surface area (Å²) in [6, 6.07) is 13.2. The van der Waals surface area contributed by atoms with Crippen LogP contribution in [0.3, 0.4) is 0 Å². The minimum atomic E-state index is -0.242. The predicted octanol–water partition coefficient (Wildman–Crippen LogP) is 3.70. The van der Waals surface area contributed by atoms with Gasteiger partial charge in [0.25, 0.3) is 5.91 Å². The number of hydrogen-bond acceptors (Lipinski definition) is 3. The fourth-order valence-electron chi connectivity index (χ4n) is 2.99. The third kappa shape index (κ3) is 3.87. The first-order valence-electron chi connectivity index (χ1n) is 9.03. The largest absolute Gasteiger partial charge is 0.372 e. The fraction of sp³-hybridized carbons (Fsp3) is 0.333. The molecular formula is C21H25N3O2.